The predicted octanol–water partition coefficient (Wildman–Crippen LogP) is 3.51. The van der Waals surface area contributed by atoms with E-state index < -0.39 is 5.54 Å². The van der Waals surface area contributed by atoms with E-state index in [9.17, 15) is 9.59 Å². The number of carbonyl (C=O) groups excluding carboxylic acids is 2. The fraction of sp³-hybridized carbons (Fsp3) is 0.346. The number of aromatic nitrogens is 2. The summed E-state index contributed by atoms with van der Waals surface area (Å²) in [5.41, 5.74) is 2.10. The second-order valence-electron chi connectivity index (χ2n) is 8.39. The largest absolute Gasteiger partial charge is 0.382 e. The first kappa shape index (κ1) is 22.7. The highest BCUT2D eigenvalue weighted by Gasteiger charge is 2.47. The van der Waals surface area contributed by atoms with Gasteiger partial charge in [0, 0.05) is 31.9 Å². The normalized spacial score (nSPS) is 17.6. The number of nitrogens with one attached hydrogen (secondary N) is 1. The van der Waals surface area contributed by atoms with Crippen molar-refractivity contribution in [2.45, 2.75) is 38.9 Å². The maximum Gasteiger partial charge on any atom is 0.273 e. The zero-order valence-corrected chi connectivity index (χ0v) is 19.2. The van der Waals surface area contributed by atoms with Gasteiger partial charge in [0.1, 0.15) is 11.2 Å². The lowest BCUT2D eigenvalue weighted by Crippen LogP contribution is -2.64. The Balaban J connectivity index is 1.61. The minimum atomic E-state index is -1.06. The number of ether oxygens (including phenoxy) is 1. The molecule has 2 heterocycles. The van der Waals surface area contributed by atoms with Crippen molar-refractivity contribution in [1.82, 2.24) is 20.0 Å². The van der Waals surface area contributed by atoms with Crippen LogP contribution in [-0.4, -0.2) is 51.8 Å². The van der Waals surface area contributed by atoms with Crippen molar-refractivity contribution in [3.05, 3.63) is 78.0 Å². The highest BCUT2D eigenvalue weighted by molar-refractivity contribution is 6.00. The van der Waals surface area contributed by atoms with Crippen molar-refractivity contribution >= 4 is 11.8 Å². The number of hydrogen-bond donors (Lipinski definition) is 1. The van der Waals surface area contributed by atoms with Crippen LogP contribution in [0.5, 0.6) is 0 Å². The molecule has 1 N–H and O–H groups in total. The summed E-state index contributed by atoms with van der Waals surface area (Å²) in [6.07, 6.45) is 0.654. The molecule has 172 valence electrons. The zero-order chi connectivity index (χ0) is 23.3. The molecular formula is C26H30N4O3. The quantitative estimate of drug-likeness (QED) is 0.511. The third-order valence-corrected chi connectivity index (χ3v) is 6.03. The molecule has 0 saturated carbocycles. The van der Waals surface area contributed by atoms with Gasteiger partial charge in [-0.3, -0.25) is 14.3 Å². The Bertz CT molecular complexity index is 1100. The highest BCUT2D eigenvalue weighted by atomic mass is 16.5. The Kier molecular flexibility index (Phi) is 6.89. The van der Waals surface area contributed by atoms with Crippen molar-refractivity contribution in [3.63, 3.8) is 0 Å². The van der Waals surface area contributed by atoms with Crippen LogP contribution in [0.3, 0.4) is 0 Å². The number of fused-ring (bicyclic) bond motifs is 1. The van der Waals surface area contributed by atoms with Crippen LogP contribution in [0.4, 0.5) is 0 Å². The van der Waals surface area contributed by atoms with Gasteiger partial charge in [0.15, 0.2) is 0 Å². The molecule has 7 heteroatoms. The standard InChI is InChI=1S/C26H30N4O3/c1-3-33-16-10-15-29-24(31)23-17-22(21-13-8-5-9-14-21)28-30(23)19-26(29,2)25(32)27-18-20-11-6-4-7-12-20/h4-9,11-14,17H,3,10,15-16,18-19H2,1-2H3,(H,27,32)/t26-/m0/s1. The van der Waals surface area contributed by atoms with E-state index in [0.29, 0.717) is 38.4 Å². The average Bonchev–Trinajstić information content (AvgIpc) is 3.27. The van der Waals surface area contributed by atoms with Crippen molar-refractivity contribution < 1.29 is 14.3 Å². The summed E-state index contributed by atoms with van der Waals surface area (Å²) in [5.74, 6) is -0.386. The molecule has 3 aromatic rings. The second-order valence-corrected chi connectivity index (χ2v) is 8.39. The van der Waals surface area contributed by atoms with E-state index in [0.717, 1.165) is 16.8 Å². The molecule has 1 aliphatic rings. The van der Waals surface area contributed by atoms with E-state index in [4.69, 9.17) is 4.74 Å². The van der Waals surface area contributed by atoms with Gasteiger partial charge in [-0.2, -0.15) is 5.10 Å². The molecule has 0 fully saturated rings. The lowest BCUT2D eigenvalue weighted by Gasteiger charge is -2.43. The molecule has 0 radical (unpaired) electrons. The van der Waals surface area contributed by atoms with Crippen LogP contribution >= 0.6 is 0 Å². The number of amides is 2. The number of hydrogen-bond acceptors (Lipinski definition) is 4. The first-order chi connectivity index (χ1) is 16.0. The van der Waals surface area contributed by atoms with Crippen molar-refractivity contribution in [1.29, 1.82) is 0 Å². The van der Waals surface area contributed by atoms with E-state index in [2.05, 4.69) is 10.4 Å². The fourth-order valence-corrected chi connectivity index (χ4v) is 4.18. The highest BCUT2D eigenvalue weighted by Crippen LogP contribution is 2.30. The molecule has 1 aliphatic heterocycles. The third-order valence-electron chi connectivity index (χ3n) is 6.03. The van der Waals surface area contributed by atoms with Gasteiger partial charge in [0.05, 0.1) is 12.2 Å². The van der Waals surface area contributed by atoms with Gasteiger partial charge in [0.2, 0.25) is 5.91 Å². The lowest BCUT2D eigenvalue weighted by atomic mass is 9.94. The summed E-state index contributed by atoms with van der Waals surface area (Å²) < 4.78 is 7.14. The Morgan fingerprint density at radius 3 is 2.52 bits per heavy atom. The number of nitrogens with zero attached hydrogens (tertiary/aromatic N) is 3. The van der Waals surface area contributed by atoms with Crippen LogP contribution in [0, 0.1) is 0 Å². The van der Waals surface area contributed by atoms with E-state index in [1.54, 1.807) is 9.58 Å². The second kappa shape index (κ2) is 10.0. The van der Waals surface area contributed by atoms with Gasteiger partial charge in [-0.25, -0.2) is 0 Å². The molecule has 7 nitrogen and oxygen atoms in total. The van der Waals surface area contributed by atoms with Crippen LogP contribution in [0.1, 0.15) is 36.3 Å². The Morgan fingerprint density at radius 2 is 1.82 bits per heavy atom. The maximum absolute atomic E-state index is 13.6. The number of rotatable bonds is 9. The summed E-state index contributed by atoms with van der Waals surface area (Å²) in [7, 11) is 0. The fourth-order valence-electron chi connectivity index (χ4n) is 4.18. The van der Waals surface area contributed by atoms with Crippen LogP contribution in [0.25, 0.3) is 11.3 Å². The van der Waals surface area contributed by atoms with Gasteiger partial charge >= 0.3 is 0 Å². The van der Waals surface area contributed by atoms with E-state index in [1.807, 2.05) is 80.6 Å². The van der Waals surface area contributed by atoms with E-state index in [-0.39, 0.29) is 18.4 Å². The summed E-state index contributed by atoms with van der Waals surface area (Å²) in [6.45, 7) is 6.04. The molecule has 0 spiro atoms. The topological polar surface area (TPSA) is 76.5 Å². The predicted molar refractivity (Wildman–Crippen MR) is 127 cm³/mol. The van der Waals surface area contributed by atoms with Crippen LogP contribution < -0.4 is 5.32 Å². The Labute approximate surface area is 194 Å². The first-order valence-corrected chi connectivity index (χ1v) is 11.4. The molecule has 2 amide bonds. The van der Waals surface area contributed by atoms with E-state index >= 15 is 0 Å². The smallest absolute Gasteiger partial charge is 0.273 e. The average molecular weight is 447 g/mol. The maximum atomic E-state index is 13.6. The minimum absolute atomic E-state index is 0.190. The van der Waals surface area contributed by atoms with Gasteiger partial charge in [-0.1, -0.05) is 60.7 Å². The molecule has 1 aromatic heterocycles. The molecule has 4 rings (SSSR count). The van der Waals surface area contributed by atoms with Crippen LogP contribution in [0.2, 0.25) is 0 Å². The number of benzene rings is 2. The van der Waals surface area contributed by atoms with Crippen molar-refractivity contribution in [2.75, 3.05) is 19.8 Å². The molecular weight excluding hydrogens is 416 g/mol. The summed E-state index contributed by atoms with van der Waals surface area (Å²) in [6, 6.07) is 21.3. The first-order valence-electron chi connectivity index (χ1n) is 11.4. The molecule has 0 saturated heterocycles. The molecule has 2 aromatic carbocycles. The van der Waals surface area contributed by atoms with Gasteiger partial charge in [0.25, 0.3) is 5.91 Å². The third kappa shape index (κ3) is 4.83. The Hall–Kier alpha value is -3.45. The lowest BCUT2D eigenvalue weighted by molar-refractivity contribution is -0.133. The van der Waals surface area contributed by atoms with Crippen molar-refractivity contribution in [3.8, 4) is 11.3 Å². The Morgan fingerprint density at radius 1 is 1.12 bits per heavy atom. The molecule has 1 atom stereocenters. The summed E-state index contributed by atoms with van der Waals surface area (Å²) >= 11 is 0. The number of carbonyl (C=O) groups is 2. The molecule has 0 unspecified atom stereocenters. The van der Waals surface area contributed by atoms with Gasteiger partial charge in [-0.15, -0.1) is 0 Å². The van der Waals surface area contributed by atoms with E-state index in [1.165, 1.54) is 0 Å². The monoisotopic (exact) mass is 446 g/mol. The van der Waals surface area contributed by atoms with Crippen LogP contribution in [-0.2, 0) is 22.6 Å². The van der Waals surface area contributed by atoms with Gasteiger partial charge < -0.3 is 15.0 Å². The molecule has 33 heavy (non-hydrogen) atoms. The van der Waals surface area contributed by atoms with Crippen molar-refractivity contribution in [2.24, 2.45) is 0 Å². The zero-order valence-electron chi connectivity index (χ0n) is 19.2. The molecule has 0 aliphatic carbocycles. The van der Waals surface area contributed by atoms with Crippen LogP contribution in [0.15, 0.2) is 66.7 Å². The summed E-state index contributed by atoms with van der Waals surface area (Å²) in [4.78, 5) is 28.7. The SMILES string of the molecule is CCOCCCN1C(=O)c2cc(-c3ccccc3)nn2C[C@@]1(C)C(=O)NCc1ccccc1. The van der Waals surface area contributed by atoms with Gasteiger partial charge in [-0.05, 0) is 31.9 Å². The molecule has 0 bridgehead atoms. The summed E-state index contributed by atoms with van der Waals surface area (Å²) in [5, 5.41) is 7.70. The minimum Gasteiger partial charge on any atom is -0.382 e.